The lowest BCUT2D eigenvalue weighted by Gasteiger charge is -2.14. The number of aliphatic hydroxyl groups is 1. The maximum Gasteiger partial charge on any atom is 0.175 e. The first-order chi connectivity index (χ1) is 10.0. The number of rotatable bonds is 5. The van der Waals surface area contributed by atoms with Gasteiger partial charge in [0.05, 0.1) is 18.2 Å². The van der Waals surface area contributed by atoms with Gasteiger partial charge in [-0.2, -0.15) is 0 Å². The second kappa shape index (κ2) is 7.36. The van der Waals surface area contributed by atoms with Crippen LogP contribution in [0, 0.1) is 0 Å². The minimum absolute atomic E-state index is 0.0712. The number of ether oxygens (including phenoxy) is 2. The van der Waals surface area contributed by atoms with E-state index in [0.717, 1.165) is 11.1 Å². The van der Waals surface area contributed by atoms with Gasteiger partial charge in [0.15, 0.2) is 11.5 Å². The fourth-order valence-corrected chi connectivity index (χ4v) is 2.86. The van der Waals surface area contributed by atoms with Crippen molar-refractivity contribution in [3.63, 3.8) is 0 Å². The third-order valence-electron chi connectivity index (χ3n) is 2.86. The summed E-state index contributed by atoms with van der Waals surface area (Å²) in [4.78, 5) is 0. The Hall–Kier alpha value is -0.940. The Morgan fingerprint density at radius 2 is 1.95 bits per heavy atom. The summed E-state index contributed by atoms with van der Waals surface area (Å²) >= 11 is 15.4. The Bertz CT molecular complexity index is 647. The zero-order chi connectivity index (χ0) is 15.4. The van der Waals surface area contributed by atoms with Crippen molar-refractivity contribution in [3.8, 4) is 11.5 Å². The number of aliphatic hydroxyl groups excluding tert-OH is 1. The smallest absolute Gasteiger partial charge is 0.175 e. The summed E-state index contributed by atoms with van der Waals surface area (Å²) in [6.07, 6.45) is 0. The molecule has 0 amide bonds. The van der Waals surface area contributed by atoms with E-state index in [2.05, 4.69) is 15.9 Å². The Labute approximate surface area is 141 Å². The molecule has 112 valence electrons. The van der Waals surface area contributed by atoms with E-state index in [4.69, 9.17) is 32.7 Å². The van der Waals surface area contributed by atoms with Gasteiger partial charge in [-0.25, -0.2) is 0 Å². The zero-order valence-electron chi connectivity index (χ0n) is 11.2. The van der Waals surface area contributed by atoms with Crippen molar-refractivity contribution in [2.24, 2.45) is 0 Å². The average Bonchev–Trinajstić information content (AvgIpc) is 2.46. The Morgan fingerprint density at radius 1 is 1.19 bits per heavy atom. The molecule has 0 aromatic heterocycles. The molecule has 21 heavy (non-hydrogen) atoms. The molecule has 2 rings (SSSR count). The predicted octanol–water partition coefficient (Wildman–Crippen LogP) is 4.84. The van der Waals surface area contributed by atoms with Gasteiger partial charge in [-0.3, -0.25) is 0 Å². The molecule has 6 heteroatoms. The molecular formula is C15H13BrCl2O3. The molecular weight excluding hydrogens is 379 g/mol. The molecule has 0 aliphatic carbocycles. The fourth-order valence-electron chi connectivity index (χ4n) is 1.79. The molecule has 0 heterocycles. The number of methoxy groups -OCH3 is 1. The first-order valence-corrected chi connectivity index (χ1v) is 7.64. The van der Waals surface area contributed by atoms with Crippen LogP contribution < -0.4 is 9.47 Å². The maximum atomic E-state index is 9.20. The summed E-state index contributed by atoms with van der Waals surface area (Å²) in [7, 11) is 1.55. The molecule has 1 N–H and O–H groups in total. The fraction of sp³-hybridized carbons (Fsp3) is 0.200. The van der Waals surface area contributed by atoms with Gasteiger partial charge in [-0.15, -0.1) is 0 Å². The van der Waals surface area contributed by atoms with Crippen LogP contribution in [-0.2, 0) is 13.2 Å². The number of halogens is 3. The van der Waals surface area contributed by atoms with Crippen LogP contribution in [0.3, 0.4) is 0 Å². The highest BCUT2D eigenvalue weighted by atomic mass is 79.9. The van der Waals surface area contributed by atoms with E-state index >= 15 is 0 Å². The number of hydrogen-bond donors (Lipinski definition) is 1. The van der Waals surface area contributed by atoms with E-state index in [1.807, 2.05) is 6.07 Å². The van der Waals surface area contributed by atoms with Gasteiger partial charge >= 0.3 is 0 Å². The van der Waals surface area contributed by atoms with Gasteiger partial charge in [0.25, 0.3) is 0 Å². The minimum Gasteiger partial charge on any atom is -0.493 e. The zero-order valence-corrected chi connectivity index (χ0v) is 14.3. The molecule has 0 fully saturated rings. The molecule has 2 aromatic carbocycles. The molecule has 0 spiro atoms. The summed E-state index contributed by atoms with van der Waals surface area (Å²) < 4.78 is 11.8. The lowest BCUT2D eigenvalue weighted by Crippen LogP contribution is -2.00. The molecule has 3 nitrogen and oxygen atoms in total. The van der Waals surface area contributed by atoms with Gasteiger partial charge in [-0.1, -0.05) is 29.3 Å². The molecule has 0 aliphatic rings. The van der Waals surface area contributed by atoms with E-state index in [0.29, 0.717) is 26.0 Å². The third kappa shape index (κ3) is 4.04. The van der Waals surface area contributed by atoms with Crippen LogP contribution in [0.5, 0.6) is 11.5 Å². The van der Waals surface area contributed by atoms with Crippen molar-refractivity contribution in [3.05, 3.63) is 56.0 Å². The summed E-state index contributed by atoms with van der Waals surface area (Å²) in [5, 5.41) is 10.3. The van der Waals surface area contributed by atoms with Crippen molar-refractivity contribution in [1.29, 1.82) is 0 Å². The monoisotopic (exact) mass is 390 g/mol. The van der Waals surface area contributed by atoms with Crippen molar-refractivity contribution in [2.45, 2.75) is 13.2 Å². The first kappa shape index (κ1) is 16.4. The highest BCUT2D eigenvalue weighted by molar-refractivity contribution is 9.10. The van der Waals surface area contributed by atoms with Crippen LogP contribution >= 0.6 is 39.1 Å². The summed E-state index contributed by atoms with van der Waals surface area (Å²) in [5.41, 5.74) is 1.55. The lowest BCUT2D eigenvalue weighted by atomic mass is 10.2. The molecule has 0 saturated carbocycles. The molecule has 2 aromatic rings. The maximum absolute atomic E-state index is 9.20. The summed E-state index contributed by atoms with van der Waals surface area (Å²) in [5.74, 6) is 1.10. The molecule has 0 radical (unpaired) electrons. The molecule has 0 bridgehead atoms. The first-order valence-electron chi connectivity index (χ1n) is 6.09. The number of benzene rings is 2. The van der Waals surface area contributed by atoms with E-state index in [1.54, 1.807) is 31.4 Å². The Balaban J connectivity index is 2.23. The largest absolute Gasteiger partial charge is 0.493 e. The van der Waals surface area contributed by atoms with Crippen molar-refractivity contribution in [2.75, 3.05) is 7.11 Å². The summed E-state index contributed by atoms with van der Waals surface area (Å²) in [6.45, 7) is 0.210. The second-order valence-corrected chi connectivity index (χ2v) is 5.99. The van der Waals surface area contributed by atoms with Gasteiger partial charge in [0.2, 0.25) is 0 Å². The van der Waals surface area contributed by atoms with Crippen LogP contribution in [0.1, 0.15) is 11.1 Å². The highest BCUT2D eigenvalue weighted by Gasteiger charge is 2.12. The molecule has 0 atom stereocenters. The predicted molar refractivity (Wildman–Crippen MR) is 87.4 cm³/mol. The molecule has 0 aliphatic heterocycles. The van der Waals surface area contributed by atoms with Gasteiger partial charge < -0.3 is 14.6 Å². The van der Waals surface area contributed by atoms with Crippen LogP contribution in [0.4, 0.5) is 0 Å². The Kier molecular flexibility index (Phi) is 5.76. The van der Waals surface area contributed by atoms with Crippen molar-refractivity contribution < 1.29 is 14.6 Å². The van der Waals surface area contributed by atoms with Gasteiger partial charge in [0.1, 0.15) is 6.61 Å². The van der Waals surface area contributed by atoms with E-state index < -0.39 is 0 Å². The normalized spacial score (nSPS) is 10.5. The standard InChI is InChI=1S/C15H13BrCl2O3/c1-20-14-5-9(7-19)4-12(16)15(14)21-8-10-2-3-11(17)6-13(10)18/h2-6,19H,7-8H2,1H3. The summed E-state index contributed by atoms with van der Waals surface area (Å²) in [6, 6.07) is 8.74. The molecule has 0 saturated heterocycles. The van der Waals surface area contributed by atoms with E-state index in [9.17, 15) is 5.11 Å². The van der Waals surface area contributed by atoms with Crippen molar-refractivity contribution >= 4 is 39.1 Å². The average molecular weight is 392 g/mol. The minimum atomic E-state index is -0.0712. The van der Waals surface area contributed by atoms with Crippen LogP contribution in [0.2, 0.25) is 10.0 Å². The SMILES string of the molecule is COc1cc(CO)cc(Br)c1OCc1ccc(Cl)cc1Cl. The van der Waals surface area contributed by atoms with Crippen LogP contribution in [0.25, 0.3) is 0 Å². The van der Waals surface area contributed by atoms with Crippen LogP contribution in [0.15, 0.2) is 34.8 Å². The second-order valence-electron chi connectivity index (χ2n) is 4.29. The van der Waals surface area contributed by atoms with Gasteiger partial charge in [0, 0.05) is 15.6 Å². The third-order valence-corrected chi connectivity index (χ3v) is 4.03. The quantitative estimate of drug-likeness (QED) is 0.792. The van der Waals surface area contributed by atoms with E-state index in [1.165, 1.54) is 0 Å². The molecule has 0 unspecified atom stereocenters. The highest BCUT2D eigenvalue weighted by Crippen LogP contribution is 2.37. The Morgan fingerprint density at radius 3 is 2.57 bits per heavy atom. The van der Waals surface area contributed by atoms with Crippen LogP contribution in [-0.4, -0.2) is 12.2 Å². The van der Waals surface area contributed by atoms with Crippen molar-refractivity contribution in [1.82, 2.24) is 0 Å². The van der Waals surface area contributed by atoms with Gasteiger partial charge in [-0.05, 0) is 45.8 Å². The lowest BCUT2D eigenvalue weighted by molar-refractivity contribution is 0.273. The number of hydrogen-bond acceptors (Lipinski definition) is 3. The topological polar surface area (TPSA) is 38.7 Å². The van der Waals surface area contributed by atoms with E-state index in [-0.39, 0.29) is 13.2 Å².